The highest BCUT2D eigenvalue weighted by Gasteiger charge is 2.47. The van der Waals surface area contributed by atoms with Gasteiger partial charge in [-0.05, 0) is 11.6 Å². The molecule has 8 heteroatoms. The zero-order valence-corrected chi connectivity index (χ0v) is 14.1. The van der Waals surface area contributed by atoms with Crippen LogP contribution in [0, 0.1) is 11.3 Å². The number of nitriles is 1. The fourth-order valence-corrected chi connectivity index (χ4v) is 3.39. The van der Waals surface area contributed by atoms with Crippen LogP contribution in [0.15, 0.2) is 65.5 Å². The molecule has 0 aliphatic carbocycles. The predicted molar refractivity (Wildman–Crippen MR) is 89.6 cm³/mol. The van der Waals surface area contributed by atoms with Crippen LogP contribution in [-0.4, -0.2) is 5.91 Å². The second kappa shape index (κ2) is 6.84. The van der Waals surface area contributed by atoms with Crippen LogP contribution < -0.4 is 9.88 Å². The van der Waals surface area contributed by atoms with Crippen molar-refractivity contribution in [2.24, 2.45) is 0 Å². The van der Waals surface area contributed by atoms with E-state index in [0.29, 0.717) is 0 Å². The maximum atomic E-state index is 13.5. The lowest BCUT2D eigenvalue weighted by atomic mass is 9.80. The van der Waals surface area contributed by atoms with E-state index >= 15 is 0 Å². The molecule has 0 saturated carbocycles. The van der Waals surface area contributed by atoms with Crippen LogP contribution in [-0.2, 0) is 11.0 Å². The lowest BCUT2D eigenvalue weighted by Crippen LogP contribution is -2.53. The van der Waals surface area contributed by atoms with Crippen LogP contribution >= 0.6 is 12.6 Å². The minimum absolute atomic E-state index is 0.0222. The van der Waals surface area contributed by atoms with Crippen LogP contribution in [0.5, 0.6) is 0 Å². The molecule has 1 aliphatic heterocycles. The lowest BCUT2D eigenvalue weighted by Gasteiger charge is -2.29. The highest BCUT2D eigenvalue weighted by Crippen LogP contribution is 2.43. The summed E-state index contributed by atoms with van der Waals surface area (Å²) in [6.45, 7) is 0. The van der Waals surface area contributed by atoms with E-state index in [9.17, 15) is 23.2 Å². The lowest BCUT2D eigenvalue weighted by molar-refractivity contribution is -0.711. The minimum atomic E-state index is -4.62. The first kappa shape index (κ1) is 18.0. The molecule has 0 unspecified atom stereocenters. The molecular formula is C18H13F3N3OS+. The second-order valence-corrected chi connectivity index (χ2v) is 6.14. The third-order valence-electron chi connectivity index (χ3n) is 4.17. The van der Waals surface area contributed by atoms with Gasteiger partial charge in [0.25, 0.3) is 5.91 Å². The van der Waals surface area contributed by atoms with Crippen LogP contribution in [0.1, 0.15) is 23.1 Å². The maximum Gasteiger partial charge on any atom is 0.416 e. The number of hydrogen-bond donors (Lipinski definition) is 2. The molecule has 1 amide bonds. The summed E-state index contributed by atoms with van der Waals surface area (Å²) in [7, 11) is 0. The van der Waals surface area contributed by atoms with Gasteiger partial charge < -0.3 is 5.32 Å². The van der Waals surface area contributed by atoms with E-state index in [4.69, 9.17) is 0 Å². The summed E-state index contributed by atoms with van der Waals surface area (Å²) in [5.74, 6) is -1.65. The molecule has 2 aromatic rings. The van der Waals surface area contributed by atoms with Crippen molar-refractivity contribution in [3.8, 4) is 6.07 Å². The van der Waals surface area contributed by atoms with Gasteiger partial charge in [0.1, 0.15) is 0 Å². The van der Waals surface area contributed by atoms with E-state index in [1.165, 1.54) is 22.8 Å². The zero-order valence-electron chi connectivity index (χ0n) is 13.2. The van der Waals surface area contributed by atoms with Crippen LogP contribution in [0.4, 0.5) is 13.2 Å². The van der Waals surface area contributed by atoms with Crippen molar-refractivity contribution in [3.05, 3.63) is 76.6 Å². The zero-order chi connectivity index (χ0) is 18.9. The van der Waals surface area contributed by atoms with Gasteiger partial charge in [0, 0.05) is 12.1 Å². The first-order valence-electron chi connectivity index (χ1n) is 7.60. The Labute approximate surface area is 153 Å². The standard InChI is InChI=1S/C18H12F3N3OS/c19-18(20,21)13-7-3-2-6-11(13)14-12(10-22)17(26)23-16(25)15(14)24-8-4-1-5-9-24/h1-9,14-15H,(H-,23,25,26)/p+1/t14-,15+/m0/s1. The SMILES string of the molecule is N#CC1=C(S)NC(=O)[C@H]([n+]2ccccc2)[C@H]1c1ccccc1C(F)(F)F. The molecule has 0 saturated heterocycles. The number of thiol groups is 1. The number of benzene rings is 1. The Morgan fingerprint density at radius 2 is 1.77 bits per heavy atom. The molecule has 0 bridgehead atoms. The topological polar surface area (TPSA) is 56.8 Å². The fraction of sp³-hybridized carbons (Fsp3) is 0.167. The highest BCUT2D eigenvalue weighted by molar-refractivity contribution is 7.84. The van der Waals surface area contributed by atoms with E-state index in [2.05, 4.69) is 17.9 Å². The molecule has 1 aliphatic rings. The van der Waals surface area contributed by atoms with Gasteiger partial charge in [-0.25, -0.2) is 0 Å². The monoisotopic (exact) mass is 376 g/mol. The van der Waals surface area contributed by atoms with Gasteiger partial charge in [0.15, 0.2) is 12.4 Å². The number of nitrogens with one attached hydrogen (secondary N) is 1. The van der Waals surface area contributed by atoms with E-state index in [0.717, 1.165) is 6.07 Å². The molecule has 0 spiro atoms. The number of hydrogen-bond acceptors (Lipinski definition) is 3. The van der Waals surface area contributed by atoms with Gasteiger partial charge in [-0.1, -0.05) is 24.3 Å². The second-order valence-electron chi connectivity index (χ2n) is 5.69. The Morgan fingerprint density at radius 1 is 1.12 bits per heavy atom. The van der Waals surface area contributed by atoms with Crippen LogP contribution in [0.3, 0.4) is 0 Å². The summed E-state index contributed by atoms with van der Waals surface area (Å²) in [4.78, 5) is 12.6. The number of alkyl halides is 3. The molecule has 2 atom stereocenters. The van der Waals surface area contributed by atoms with Crippen molar-refractivity contribution in [3.63, 3.8) is 0 Å². The molecule has 3 rings (SSSR count). The normalized spacial score (nSPS) is 20.5. The third kappa shape index (κ3) is 3.18. The number of carbonyl (C=O) groups excluding carboxylic acids is 1. The molecule has 1 N–H and O–H groups in total. The fourth-order valence-electron chi connectivity index (χ4n) is 3.09. The van der Waals surface area contributed by atoms with Crippen molar-refractivity contribution in [2.75, 3.05) is 0 Å². The largest absolute Gasteiger partial charge is 0.416 e. The van der Waals surface area contributed by atoms with Gasteiger partial charge >= 0.3 is 6.18 Å². The van der Waals surface area contributed by atoms with E-state index < -0.39 is 29.6 Å². The number of nitrogens with zero attached hydrogens (tertiary/aromatic N) is 2. The van der Waals surface area contributed by atoms with Crippen LogP contribution in [0.2, 0.25) is 0 Å². The molecule has 1 aromatic heterocycles. The molecule has 4 nitrogen and oxygen atoms in total. The number of amides is 1. The Hall–Kier alpha value is -2.79. The number of pyridine rings is 1. The summed E-state index contributed by atoms with van der Waals surface area (Å²) in [5, 5.41) is 12.0. The van der Waals surface area contributed by atoms with Crippen molar-refractivity contribution < 1.29 is 22.5 Å². The number of aromatic nitrogens is 1. The molecular weight excluding hydrogens is 363 g/mol. The number of rotatable bonds is 2. The molecule has 0 radical (unpaired) electrons. The van der Waals surface area contributed by atoms with Gasteiger partial charge in [-0.3, -0.25) is 4.79 Å². The molecule has 2 heterocycles. The predicted octanol–water partition coefficient (Wildman–Crippen LogP) is 3.11. The summed E-state index contributed by atoms with van der Waals surface area (Å²) in [6, 6.07) is 10.9. The Morgan fingerprint density at radius 3 is 2.38 bits per heavy atom. The Kier molecular flexibility index (Phi) is 4.74. The minimum Gasteiger partial charge on any atom is -0.314 e. The van der Waals surface area contributed by atoms with E-state index in [1.54, 1.807) is 30.6 Å². The quantitative estimate of drug-likeness (QED) is 0.625. The molecule has 0 fully saturated rings. The average Bonchev–Trinajstić information content (AvgIpc) is 2.61. The van der Waals surface area contributed by atoms with Gasteiger partial charge in [-0.2, -0.15) is 23.0 Å². The van der Waals surface area contributed by atoms with Crippen molar-refractivity contribution >= 4 is 18.5 Å². The van der Waals surface area contributed by atoms with Crippen molar-refractivity contribution in [2.45, 2.75) is 18.1 Å². The average molecular weight is 376 g/mol. The summed E-state index contributed by atoms with van der Waals surface area (Å²) >= 11 is 4.10. The first-order valence-corrected chi connectivity index (χ1v) is 8.05. The number of halogens is 3. The highest BCUT2D eigenvalue weighted by atomic mass is 32.1. The van der Waals surface area contributed by atoms with E-state index in [1.807, 2.05) is 6.07 Å². The van der Waals surface area contributed by atoms with Crippen molar-refractivity contribution in [1.82, 2.24) is 5.32 Å². The Balaban J connectivity index is 2.28. The van der Waals surface area contributed by atoms with E-state index in [-0.39, 0.29) is 16.2 Å². The number of carbonyl (C=O) groups is 1. The van der Waals surface area contributed by atoms with Gasteiger partial charge in [-0.15, -0.1) is 12.6 Å². The maximum absolute atomic E-state index is 13.5. The Bertz CT molecular complexity index is 919. The summed E-state index contributed by atoms with van der Waals surface area (Å²) < 4.78 is 42.1. The van der Waals surface area contributed by atoms with Gasteiger partial charge in [0.05, 0.1) is 28.2 Å². The summed E-state index contributed by atoms with van der Waals surface area (Å²) in [5.41, 5.74) is -1.04. The number of allylic oxidation sites excluding steroid dienone is 1. The smallest absolute Gasteiger partial charge is 0.314 e. The summed E-state index contributed by atoms with van der Waals surface area (Å²) in [6.07, 6.45) is -1.47. The molecule has 26 heavy (non-hydrogen) atoms. The van der Waals surface area contributed by atoms with Crippen molar-refractivity contribution in [1.29, 1.82) is 5.26 Å². The van der Waals surface area contributed by atoms with Gasteiger partial charge in [0.2, 0.25) is 6.04 Å². The van der Waals surface area contributed by atoms with Crippen LogP contribution in [0.25, 0.3) is 0 Å². The molecule has 132 valence electrons. The first-order chi connectivity index (χ1) is 12.3. The molecule has 1 aromatic carbocycles. The third-order valence-corrected chi connectivity index (χ3v) is 4.53.